The summed E-state index contributed by atoms with van der Waals surface area (Å²) >= 11 is 1.38. The van der Waals surface area contributed by atoms with Gasteiger partial charge in [0, 0.05) is 26.3 Å². The van der Waals surface area contributed by atoms with E-state index in [-0.39, 0.29) is 18.0 Å². The first-order valence-electron chi connectivity index (χ1n) is 9.52. The lowest BCUT2D eigenvalue weighted by Gasteiger charge is -2.17. The fourth-order valence-corrected chi connectivity index (χ4v) is 4.82. The summed E-state index contributed by atoms with van der Waals surface area (Å²) in [5.41, 5.74) is 0.793. The van der Waals surface area contributed by atoms with Crippen LogP contribution < -0.4 is 9.62 Å². The number of sulfonamides is 1. The van der Waals surface area contributed by atoms with E-state index in [0.717, 1.165) is 10.2 Å². The van der Waals surface area contributed by atoms with E-state index < -0.39 is 28.5 Å². The molecule has 0 radical (unpaired) electrons. The number of carbonyl (C=O) groups is 2. The molecule has 31 heavy (non-hydrogen) atoms. The third kappa shape index (κ3) is 5.46. The van der Waals surface area contributed by atoms with Gasteiger partial charge in [0.25, 0.3) is 15.9 Å². The maximum atomic E-state index is 12.5. The summed E-state index contributed by atoms with van der Waals surface area (Å²) in [5, 5.41) is 0.411. The highest BCUT2D eigenvalue weighted by atomic mass is 32.2. The van der Waals surface area contributed by atoms with Crippen molar-refractivity contribution in [2.24, 2.45) is 7.05 Å². The molecular weight excluding hydrogens is 442 g/mol. The number of aryl methyl sites for hydroxylation is 2. The van der Waals surface area contributed by atoms with Gasteiger partial charge in [-0.15, -0.1) is 0 Å². The van der Waals surface area contributed by atoms with Gasteiger partial charge in [0.15, 0.2) is 16.8 Å². The second kappa shape index (κ2) is 9.54. The number of anilines is 1. The van der Waals surface area contributed by atoms with Gasteiger partial charge < -0.3 is 9.30 Å². The zero-order valence-corrected chi connectivity index (χ0v) is 19.0. The molecule has 0 saturated carbocycles. The number of likely N-dealkylation sites (N-methyl/N-ethyl adjacent to an activating group) is 1. The number of imidazole rings is 1. The lowest BCUT2D eigenvalue weighted by molar-refractivity contribution is -0.147. The van der Waals surface area contributed by atoms with Crippen molar-refractivity contribution < 1.29 is 22.7 Å². The standard InChI is InChI=1S/C19H23N5O5S2/c1-4-24(19-22-14-7-5-6-8-15(14)30-19)17(25)12-29-18(26)9-10-20-31(27,28)16-11-23(3)13(2)21-16/h5-8,11,20H,4,9-10,12H2,1-3H3. The molecule has 2 heterocycles. The zero-order chi connectivity index (χ0) is 22.6. The molecule has 1 amide bonds. The summed E-state index contributed by atoms with van der Waals surface area (Å²) in [6.45, 7) is 3.25. The number of carbonyl (C=O) groups excluding carboxylic acids is 2. The number of hydrogen-bond acceptors (Lipinski definition) is 8. The van der Waals surface area contributed by atoms with Crippen LogP contribution >= 0.6 is 11.3 Å². The molecule has 2 aromatic heterocycles. The Morgan fingerprint density at radius 2 is 2.00 bits per heavy atom. The Balaban J connectivity index is 1.49. The number of thiazole rings is 1. The van der Waals surface area contributed by atoms with Crippen LogP contribution in [0, 0.1) is 6.92 Å². The van der Waals surface area contributed by atoms with E-state index in [9.17, 15) is 18.0 Å². The van der Waals surface area contributed by atoms with Crippen LogP contribution in [0.1, 0.15) is 19.2 Å². The first kappa shape index (κ1) is 22.8. The number of hydrogen-bond donors (Lipinski definition) is 1. The molecule has 0 unspecified atom stereocenters. The second-order valence-corrected chi connectivity index (χ2v) is 9.37. The van der Waals surface area contributed by atoms with Gasteiger partial charge >= 0.3 is 5.97 Å². The van der Waals surface area contributed by atoms with Gasteiger partial charge in [0.1, 0.15) is 5.82 Å². The van der Waals surface area contributed by atoms with E-state index >= 15 is 0 Å². The highest BCUT2D eigenvalue weighted by Crippen LogP contribution is 2.28. The molecule has 0 atom stereocenters. The third-order valence-electron chi connectivity index (χ3n) is 4.47. The molecule has 10 nitrogen and oxygen atoms in total. The summed E-state index contributed by atoms with van der Waals surface area (Å²) in [4.78, 5) is 34.3. The van der Waals surface area contributed by atoms with Crippen LogP contribution in [0.2, 0.25) is 0 Å². The van der Waals surface area contributed by atoms with Crippen LogP contribution in [0.15, 0.2) is 35.5 Å². The molecule has 3 rings (SSSR count). The van der Waals surface area contributed by atoms with E-state index in [1.54, 1.807) is 25.5 Å². The van der Waals surface area contributed by atoms with Crippen LogP contribution in [0.25, 0.3) is 10.2 Å². The number of nitrogens with zero attached hydrogens (tertiary/aromatic N) is 4. The first-order valence-corrected chi connectivity index (χ1v) is 11.8. The van der Waals surface area contributed by atoms with Crippen molar-refractivity contribution in [3.05, 3.63) is 36.3 Å². The maximum Gasteiger partial charge on any atom is 0.307 e. The molecule has 0 aliphatic rings. The van der Waals surface area contributed by atoms with Crippen molar-refractivity contribution in [3.63, 3.8) is 0 Å². The van der Waals surface area contributed by atoms with Gasteiger partial charge in [-0.05, 0) is 26.0 Å². The molecule has 0 spiro atoms. The Labute approximate surface area is 183 Å². The molecule has 1 aromatic carbocycles. The molecule has 1 N–H and O–H groups in total. The van der Waals surface area contributed by atoms with Crippen molar-refractivity contribution in [2.75, 3.05) is 24.6 Å². The average Bonchev–Trinajstić information content (AvgIpc) is 3.30. The van der Waals surface area contributed by atoms with Crippen molar-refractivity contribution in [2.45, 2.75) is 25.3 Å². The minimum Gasteiger partial charge on any atom is -0.456 e. The van der Waals surface area contributed by atoms with E-state index in [1.807, 2.05) is 24.3 Å². The Bertz CT molecular complexity index is 1150. The van der Waals surface area contributed by atoms with Crippen molar-refractivity contribution in [1.82, 2.24) is 19.3 Å². The monoisotopic (exact) mass is 465 g/mol. The summed E-state index contributed by atoms with van der Waals surface area (Å²) in [5.74, 6) is -0.542. The van der Waals surface area contributed by atoms with Crippen molar-refractivity contribution >= 4 is 48.6 Å². The molecule has 0 fully saturated rings. The fourth-order valence-electron chi connectivity index (χ4n) is 2.70. The summed E-state index contributed by atoms with van der Waals surface area (Å²) in [6, 6.07) is 7.55. The van der Waals surface area contributed by atoms with E-state index in [4.69, 9.17) is 4.74 Å². The number of rotatable bonds is 9. The average molecular weight is 466 g/mol. The van der Waals surface area contributed by atoms with Crippen LogP contribution in [0.5, 0.6) is 0 Å². The molecule has 0 saturated heterocycles. The van der Waals surface area contributed by atoms with Crippen LogP contribution in [0.3, 0.4) is 0 Å². The van der Waals surface area contributed by atoms with Crippen LogP contribution in [-0.4, -0.2) is 54.5 Å². The van der Waals surface area contributed by atoms with Crippen molar-refractivity contribution in [1.29, 1.82) is 0 Å². The number of para-hydroxylation sites is 1. The maximum absolute atomic E-state index is 12.5. The number of ether oxygens (including phenoxy) is 1. The lowest BCUT2D eigenvalue weighted by Crippen LogP contribution is -2.35. The number of benzene rings is 1. The highest BCUT2D eigenvalue weighted by molar-refractivity contribution is 7.89. The number of fused-ring (bicyclic) bond motifs is 1. The number of esters is 1. The lowest BCUT2D eigenvalue weighted by atomic mass is 10.3. The van der Waals surface area contributed by atoms with Crippen LogP contribution in [-0.2, 0) is 31.4 Å². The molecule has 0 bridgehead atoms. The van der Waals surface area contributed by atoms with Gasteiger partial charge in [-0.1, -0.05) is 23.5 Å². The van der Waals surface area contributed by atoms with Crippen molar-refractivity contribution in [3.8, 4) is 0 Å². The fraction of sp³-hybridized carbons (Fsp3) is 0.368. The Hall–Kier alpha value is -2.83. The largest absolute Gasteiger partial charge is 0.456 e. The number of amides is 1. The SMILES string of the molecule is CCN(C(=O)COC(=O)CCNS(=O)(=O)c1cn(C)c(C)n1)c1nc2ccccc2s1. The Kier molecular flexibility index (Phi) is 7.03. The highest BCUT2D eigenvalue weighted by Gasteiger charge is 2.21. The predicted molar refractivity (Wildman–Crippen MR) is 116 cm³/mol. The van der Waals surface area contributed by atoms with Gasteiger partial charge in [-0.2, -0.15) is 0 Å². The zero-order valence-electron chi connectivity index (χ0n) is 17.4. The molecule has 0 aliphatic carbocycles. The predicted octanol–water partition coefficient (Wildman–Crippen LogP) is 1.60. The summed E-state index contributed by atoms with van der Waals surface area (Å²) in [7, 11) is -2.14. The third-order valence-corrected chi connectivity index (χ3v) is 6.86. The molecule has 3 aromatic rings. The molecule has 166 valence electrons. The molecule has 0 aliphatic heterocycles. The minimum absolute atomic E-state index is 0.120. The van der Waals surface area contributed by atoms with E-state index in [2.05, 4.69) is 14.7 Å². The summed E-state index contributed by atoms with van der Waals surface area (Å²) in [6.07, 6.45) is 1.17. The van der Waals surface area contributed by atoms with Gasteiger partial charge in [-0.3, -0.25) is 14.5 Å². The Morgan fingerprint density at radius 3 is 2.65 bits per heavy atom. The number of aromatic nitrogens is 3. The second-order valence-electron chi connectivity index (χ2n) is 6.65. The Morgan fingerprint density at radius 1 is 1.26 bits per heavy atom. The summed E-state index contributed by atoms with van der Waals surface area (Å²) < 4.78 is 34.3. The quantitative estimate of drug-likeness (QED) is 0.476. The molecular formula is C19H23N5O5S2. The van der Waals surface area contributed by atoms with Gasteiger partial charge in [0.05, 0.1) is 16.6 Å². The molecule has 12 heteroatoms. The van der Waals surface area contributed by atoms with Gasteiger partial charge in [-0.25, -0.2) is 23.1 Å². The number of nitrogens with one attached hydrogen (secondary N) is 1. The smallest absolute Gasteiger partial charge is 0.307 e. The first-order chi connectivity index (χ1) is 14.7. The van der Waals surface area contributed by atoms with E-state index in [0.29, 0.717) is 17.5 Å². The topological polar surface area (TPSA) is 123 Å². The van der Waals surface area contributed by atoms with Gasteiger partial charge in [0.2, 0.25) is 0 Å². The normalized spacial score (nSPS) is 11.6. The van der Waals surface area contributed by atoms with Crippen LogP contribution in [0.4, 0.5) is 5.13 Å². The van der Waals surface area contributed by atoms with E-state index in [1.165, 1.54) is 22.4 Å². The minimum atomic E-state index is -3.83.